The van der Waals surface area contributed by atoms with E-state index in [0.29, 0.717) is 22.3 Å². The van der Waals surface area contributed by atoms with Gasteiger partial charge in [0.15, 0.2) is 5.16 Å². The van der Waals surface area contributed by atoms with Crippen molar-refractivity contribution in [1.82, 2.24) is 9.55 Å². The zero-order valence-electron chi connectivity index (χ0n) is 18.7. The molecule has 0 spiro atoms. The second-order valence-electron chi connectivity index (χ2n) is 8.28. The van der Waals surface area contributed by atoms with Crippen LogP contribution >= 0.6 is 11.8 Å². The van der Waals surface area contributed by atoms with Crippen LogP contribution in [0, 0.1) is 6.92 Å². The molecule has 0 unspecified atom stereocenters. The number of aromatic nitrogens is 2. The summed E-state index contributed by atoms with van der Waals surface area (Å²) in [4.78, 5) is 30.0. The summed E-state index contributed by atoms with van der Waals surface area (Å²) in [6, 6.07) is 15.8. The van der Waals surface area contributed by atoms with Gasteiger partial charge in [0.2, 0.25) is 5.91 Å². The molecule has 6 nitrogen and oxygen atoms in total. The van der Waals surface area contributed by atoms with E-state index in [1.807, 2.05) is 61.9 Å². The van der Waals surface area contributed by atoms with Gasteiger partial charge in [-0.25, -0.2) is 0 Å². The highest BCUT2D eigenvalue weighted by Crippen LogP contribution is 2.36. The zero-order chi connectivity index (χ0) is 22.8. The molecule has 1 atom stereocenters. The number of rotatable bonds is 6. The number of amides is 1. The lowest BCUT2D eigenvalue weighted by molar-refractivity contribution is -0.116. The van der Waals surface area contributed by atoms with Crippen molar-refractivity contribution in [2.45, 2.75) is 50.1 Å². The molecule has 0 saturated heterocycles. The standard InChI is InChI=1S/C25H27N3O3S/c1-15(2)31-19-11-9-17(10-12-19)20-13-21(29)26-23-22(20)24(30)27-25(28(23)4)32-14-18-8-6-5-7-16(18)3/h5-12,15,20H,13-14H2,1-4H3,(H,26,29)/t20-/m0/s1. The molecule has 1 aromatic heterocycles. The van der Waals surface area contributed by atoms with Crippen LogP contribution in [0.4, 0.5) is 5.82 Å². The van der Waals surface area contributed by atoms with Gasteiger partial charge in [-0.3, -0.25) is 9.59 Å². The van der Waals surface area contributed by atoms with Crippen LogP contribution in [0.15, 0.2) is 58.5 Å². The van der Waals surface area contributed by atoms with Crippen LogP contribution in [0.1, 0.15) is 48.4 Å². The lowest BCUT2D eigenvalue weighted by Crippen LogP contribution is -2.33. The maximum Gasteiger partial charge on any atom is 0.279 e. The maximum atomic E-state index is 13.1. The van der Waals surface area contributed by atoms with Crippen LogP contribution in [0.2, 0.25) is 0 Å². The molecule has 4 rings (SSSR count). The average Bonchev–Trinajstić information content (AvgIpc) is 2.75. The molecular weight excluding hydrogens is 422 g/mol. The topological polar surface area (TPSA) is 73.2 Å². The van der Waals surface area contributed by atoms with E-state index in [1.165, 1.54) is 22.9 Å². The smallest absolute Gasteiger partial charge is 0.279 e. The number of anilines is 1. The molecule has 32 heavy (non-hydrogen) atoms. The molecular formula is C25H27N3O3S. The Labute approximate surface area is 192 Å². The molecule has 1 amide bonds. The molecule has 1 N–H and O–H groups in total. The van der Waals surface area contributed by atoms with Crippen LogP contribution in [0.5, 0.6) is 5.75 Å². The molecule has 7 heteroatoms. The number of benzene rings is 2. The van der Waals surface area contributed by atoms with E-state index in [4.69, 9.17) is 4.74 Å². The summed E-state index contributed by atoms with van der Waals surface area (Å²) in [5.41, 5.74) is 3.52. The van der Waals surface area contributed by atoms with Crippen LogP contribution in [-0.4, -0.2) is 21.6 Å². The Morgan fingerprint density at radius 2 is 1.88 bits per heavy atom. The first-order valence-electron chi connectivity index (χ1n) is 10.7. The molecule has 1 aliphatic rings. The lowest BCUT2D eigenvalue weighted by Gasteiger charge is -2.27. The normalized spacial score (nSPS) is 15.4. The molecule has 3 aromatic rings. The SMILES string of the molecule is Cc1ccccc1CSc1nc(=O)c2c(n1C)NC(=O)C[C@H]2c1ccc(OC(C)C)cc1. The van der Waals surface area contributed by atoms with Gasteiger partial charge in [0.1, 0.15) is 11.6 Å². The fraction of sp³-hybridized carbons (Fsp3) is 0.320. The summed E-state index contributed by atoms with van der Waals surface area (Å²) in [5, 5.41) is 3.48. The summed E-state index contributed by atoms with van der Waals surface area (Å²) in [6.45, 7) is 6.01. The van der Waals surface area contributed by atoms with Gasteiger partial charge in [-0.2, -0.15) is 4.98 Å². The van der Waals surface area contributed by atoms with Gasteiger partial charge in [-0.1, -0.05) is 48.2 Å². The largest absolute Gasteiger partial charge is 0.491 e. The van der Waals surface area contributed by atoms with Crippen LogP contribution in [0.25, 0.3) is 0 Å². The number of carbonyl (C=O) groups excluding carboxylic acids is 1. The Hall–Kier alpha value is -3.06. The van der Waals surface area contributed by atoms with Crippen molar-refractivity contribution in [2.24, 2.45) is 7.05 Å². The van der Waals surface area contributed by atoms with Crippen molar-refractivity contribution in [3.8, 4) is 5.75 Å². The summed E-state index contributed by atoms with van der Waals surface area (Å²) in [7, 11) is 1.84. The van der Waals surface area contributed by atoms with E-state index >= 15 is 0 Å². The highest BCUT2D eigenvalue weighted by molar-refractivity contribution is 7.98. The fourth-order valence-electron chi connectivity index (χ4n) is 3.91. The molecule has 0 radical (unpaired) electrons. The van der Waals surface area contributed by atoms with Crippen LogP contribution in [-0.2, 0) is 17.6 Å². The molecule has 0 aliphatic carbocycles. The van der Waals surface area contributed by atoms with Crippen molar-refractivity contribution >= 4 is 23.5 Å². The van der Waals surface area contributed by atoms with Gasteiger partial charge in [-0.15, -0.1) is 0 Å². The molecule has 0 bridgehead atoms. The monoisotopic (exact) mass is 449 g/mol. The molecule has 1 aliphatic heterocycles. The average molecular weight is 450 g/mol. The first-order valence-corrected chi connectivity index (χ1v) is 11.7. The highest BCUT2D eigenvalue weighted by Gasteiger charge is 2.32. The third-order valence-electron chi connectivity index (χ3n) is 5.57. The second-order valence-corrected chi connectivity index (χ2v) is 9.22. The third-order valence-corrected chi connectivity index (χ3v) is 6.65. The fourth-order valence-corrected chi connectivity index (χ4v) is 4.96. The Morgan fingerprint density at radius 1 is 1.16 bits per heavy atom. The first-order chi connectivity index (χ1) is 15.3. The number of nitrogens with one attached hydrogen (secondary N) is 1. The van der Waals surface area contributed by atoms with Gasteiger partial charge >= 0.3 is 0 Å². The van der Waals surface area contributed by atoms with Gasteiger partial charge in [0.25, 0.3) is 5.56 Å². The number of thioether (sulfide) groups is 1. The van der Waals surface area contributed by atoms with E-state index in [2.05, 4.69) is 29.4 Å². The predicted octanol–water partition coefficient (Wildman–Crippen LogP) is 4.64. The highest BCUT2D eigenvalue weighted by atomic mass is 32.2. The summed E-state index contributed by atoms with van der Waals surface area (Å²) in [5.74, 6) is 1.54. The zero-order valence-corrected chi connectivity index (χ0v) is 19.5. The van der Waals surface area contributed by atoms with Crippen LogP contribution in [0.3, 0.4) is 0 Å². The van der Waals surface area contributed by atoms with Gasteiger partial charge < -0.3 is 14.6 Å². The van der Waals surface area contributed by atoms with Crippen molar-refractivity contribution in [3.05, 3.63) is 81.1 Å². The third kappa shape index (κ3) is 4.58. The number of nitrogens with zero attached hydrogens (tertiary/aromatic N) is 2. The van der Waals surface area contributed by atoms with Crippen LogP contribution < -0.4 is 15.6 Å². The molecule has 166 valence electrons. The van der Waals surface area contributed by atoms with E-state index in [0.717, 1.165) is 11.3 Å². The summed E-state index contributed by atoms with van der Waals surface area (Å²) < 4.78 is 7.54. The molecule has 2 heterocycles. The predicted molar refractivity (Wildman–Crippen MR) is 128 cm³/mol. The van der Waals surface area contributed by atoms with Gasteiger partial charge in [-0.05, 0) is 49.6 Å². The number of hydrogen-bond acceptors (Lipinski definition) is 5. The van der Waals surface area contributed by atoms with Crippen molar-refractivity contribution in [3.63, 3.8) is 0 Å². The van der Waals surface area contributed by atoms with E-state index < -0.39 is 0 Å². The molecule has 2 aromatic carbocycles. The van der Waals surface area contributed by atoms with E-state index in [1.54, 1.807) is 0 Å². The lowest BCUT2D eigenvalue weighted by atomic mass is 9.87. The number of ether oxygens (including phenoxy) is 1. The summed E-state index contributed by atoms with van der Waals surface area (Å²) in [6.07, 6.45) is 0.290. The van der Waals surface area contributed by atoms with Crippen molar-refractivity contribution in [2.75, 3.05) is 5.32 Å². The van der Waals surface area contributed by atoms with Crippen molar-refractivity contribution < 1.29 is 9.53 Å². The number of hydrogen-bond donors (Lipinski definition) is 1. The van der Waals surface area contributed by atoms with E-state index in [9.17, 15) is 9.59 Å². The number of fused-ring (bicyclic) bond motifs is 1. The second kappa shape index (κ2) is 9.20. The summed E-state index contributed by atoms with van der Waals surface area (Å²) >= 11 is 1.49. The Kier molecular flexibility index (Phi) is 6.37. The molecule has 0 saturated carbocycles. The Bertz CT molecular complexity index is 1200. The van der Waals surface area contributed by atoms with Crippen molar-refractivity contribution in [1.29, 1.82) is 0 Å². The number of carbonyl (C=O) groups is 1. The first kappa shape index (κ1) is 22.1. The quantitative estimate of drug-likeness (QED) is 0.438. The Balaban J connectivity index is 1.67. The number of aryl methyl sites for hydroxylation is 1. The maximum absolute atomic E-state index is 13.1. The Morgan fingerprint density at radius 3 is 2.56 bits per heavy atom. The van der Waals surface area contributed by atoms with E-state index in [-0.39, 0.29) is 29.9 Å². The minimum absolute atomic E-state index is 0.0779. The minimum atomic E-state index is -0.339. The van der Waals surface area contributed by atoms with Gasteiger partial charge in [0, 0.05) is 25.1 Å². The van der Waals surface area contributed by atoms with Gasteiger partial charge in [0.05, 0.1) is 11.7 Å². The molecule has 0 fully saturated rings. The minimum Gasteiger partial charge on any atom is -0.491 e.